The van der Waals surface area contributed by atoms with Crippen LogP contribution < -0.4 is 0 Å². The van der Waals surface area contributed by atoms with Crippen molar-refractivity contribution in [3.05, 3.63) is 35.4 Å². The third-order valence-corrected chi connectivity index (χ3v) is 3.05. The fourth-order valence-electron chi connectivity index (χ4n) is 2.01. The van der Waals surface area contributed by atoms with E-state index in [1.165, 1.54) is 0 Å². The van der Waals surface area contributed by atoms with Gasteiger partial charge < -0.3 is 14.9 Å². The minimum absolute atomic E-state index is 0.0334. The minimum Gasteiger partial charge on any atom is -0.481 e. The lowest BCUT2D eigenvalue weighted by atomic mass is 10.1. The molecule has 0 spiro atoms. The van der Waals surface area contributed by atoms with E-state index in [1.54, 1.807) is 29.0 Å². The molecule has 1 fully saturated rings. The zero-order valence-electron chi connectivity index (χ0n) is 10.3. The average molecular weight is 248 g/mol. The van der Waals surface area contributed by atoms with Crippen LogP contribution in [0.4, 0.5) is 4.79 Å². The summed E-state index contributed by atoms with van der Waals surface area (Å²) in [6.45, 7) is 2.08. The molecule has 0 unspecified atom stereocenters. The molecule has 0 aliphatic carbocycles. The van der Waals surface area contributed by atoms with Crippen molar-refractivity contribution in [2.24, 2.45) is 0 Å². The number of likely N-dealkylation sites (N-methyl/N-ethyl adjacent to an activating group) is 1. The van der Waals surface area contributed by atoms with Gasteiger partial charge in [0.25, 0.3) is 0 Å². The highest BCUT2D eigenvalue weighted by Gasteiger charge is 2.24. The molecule has 0 saturated carbocycles. The SMILES string of the molecule is CN1CCN(Cc2ccc(CC(=O)O)cc2)C1=O. The summed E-state index contributed by atoms with van der Waals surface area (Å²) in [5, 5.41) is 8.67. The lowest BCUT2D eigenvalue weighted by Crippen LogP contribution is -2.28. The number of carboxylic acid groups (broad SMARTS) is 1. The highest BCUT2D eigenvalue weighted by Crippen LogP contribution is 2.13. The first-order chi connectivity index (χ1) is 8.56. The van der Waals surface area contributed by atoms with Gasteiger partial charge in [-0.05, 0) is 11.1 Å². The molecule has 96 valence electrons. The van der Waals surface area contributed by atoms with E-state index in [1.807, 2.05) is 12.1 Å². The maximum Gasteiger partial charge on any atom is 0.320 e. The van der Waals surface area contributed by atoms with Crippen LogP contribution >= 0.6 is 0 Å². The third kappa shape index (κ3) is 2.80. The summed E-state index contributed by atoms with van der Waals surface area (Å²) in [5.74, 6) is -0.834. The number of amides is 2. The van der Waals surface area contributed by atoms with E-state index >= 15 is 0 Å². The molecule has 5 heteroatoms. The number of hydrogen-bond donors (Lipinski definition) is 1. The number of aliphatic carboxylic acids is 1. The predicted molar refractivity (Wildman–Crippen MR) is 66.2 cm³/mol. The fraction of sp³-hybridized carbons (Fsp3) is 0.385. The predicted octanol–water partition coefficient (Wildman–Crippen LogP) is 1.18. The molecule has 0 bridgehead atoms. The van der Waals surface area contributed by atoms with Gasteiger partial charge in [0.2, 0.25) is 0 Å². The molecule has 1 heterocycles. The van der Waals surface area contributed by atoms with Crippen molar-refractivity contribution < 1.29 is 14.7 Å². The Bertz CT molecular complexity index is 456. The van der Waals surface area contributed by atoms with Gasteiger partial charge in [-0.15, -0.1) is 0 Å². The first kappa shape index (κ1) is 12.4. The van der Waals surface area contributed by atoms with Crippen LogP contribution in [0.1, 0.15) is 11.1 Å². The minimum atomic E-state index is -0.834. The zero-order valence-corrected chi connectivity index (χ0v) is 10.3. The van der Waals surface area contributed by atoms with E-state index in [2.05, 4.69) is 0 Å². The summed E-state index contributed by atoms with van der Waals surface area (Å²) in [6.07, 6.45) is 0.0334. The van der Waals surface area contributed by atoms with Crippen LogP contribution in [0.2, 0.25) is 0 Å². The molecule has 1 saturated heterocycles. The molecule has 0 atom stereocenters. The van der Waals surface area contributed by atoms with Crippen molar-refractivity contribution >= 4 is 12.0 Å². The number of nitrogens with zero attached hydrogens (tertiary/aromatic N) is 2. The molecule has 2 amide bonds. The highest BCUT2D eigenvalue weighted by molar-refractivity contribution is 5.76. The van der Waals surface area contributed by atoms with Gasteiger partial charge >= 0.3 is 12.0 Å². The van der Waals surface area contributed by atoms with Crippen molar-refractivity contribution in [1.29, 1.82) is 0 Å². The van der Waals surface area contributed by atoms with Gasteiger partial charge in [-0.2, -0.15) is 0 Å². The number of urea groups is 1. The summed E-state index contributed by atoms with van der Waals surface area (Å²) >= 11 is 0. The Kier molecular flexibility index (Phi) is 3.50. The van der Waals surface area contributed by atoms with E-state index in [0.717, 1.165) is 24.2 Å². The number of carboxylic acids is 1. The summed E-state index contributed by atoms with van der Waals surface area (Å²) in [7, 11) is 1.79. The van der Waals surface area contributed by atoms with Crippen LogP contribution in [0.3, 0.4) is 0 Å². The van der Waals surface area contributed by atoms with Crippen molar-refractivity contribution in [3.63, 3.8) is 0 Å². The summed E-state index contributed by atoms with van der Waals surface area (Å²) < 4.78 is 0. The van der Waals surface area contributed by atoms with Crippen LogP contribution in [0.15, 0.2) is 24.3 Å². The fourth-order valence-corrected chi connectivity index (χ4v) is 2.01. The van der Waals surface area contributed by atoms with Crippen LogP contribution in [0.5, 0.6) is 0 Å². The van der Waals surface area contributed by atoms with E-state index in [4.69, 9.17) is 5.11 Å². The molecule has 1 aliphatic rings. The Hall–Kier alpha value is -2.04. The van der Waals surface area contributed by atoms with E-state index in [-0.39, 0.29) is 12.5 Å². The Balaban J connectivity index is 1.98. The van der Waals surface area contributed by atoms with Crippen LogP contribution in [-0.4, -0.2) is 47.0 Å². The first-order valence-electron chi connectivity index (χ1n) is 5.86. The van der Waals surface area contributed by atoms with Crippen molar-refractivity contribution in [3.8, 4) is 0 Å². The van der Waals surface area contributed by atoms with Gasteiger partial charge in [0.1, 0.15) is 0 Å². The van der Waals surface area contributed by atoms with Crippen LogP contribution in [-0.2, 0) is 17.8 Å². The largest absolute Gasteiger partial charge is 0.481 e. The molecule has 5 nitrogen and oxygen atoms in total. The average Bonchev–Trinajstić information content (AvgIpc) is 2.63. The summed E-state index contributed by atoms with van der Waals surface area (Å²) in [4.78, 5) is 25.7. The first-order valence-corrected chi connectivity index (χ1v) is 5.86. The molecule has 1 N–H and O–H groups in total. The van der Waals surface area contributed by atoms with Crippen molar-refractivity contribution in [2.75, 3.05) is 20.1 Å². The second-order valence-corrected chi connectivity index (χ2v) is 4.51. The van der Waals surface area contributed by atoms with E-state index < -0.39 is 5.97 Å². The molecule has 0 radical (unpaired) electrons. The molecular weight excluding hydrogens is 232 g/mol. The Morgan fingerprint density at radius 1 is 1.22 bits per heavy atom. The van der Waals surface area contributed by atoms with E-state index in [9.17, 15) is 9.59 Å². The molecule has 18 heavy (non-hydrogen) atoms. The molecule has 2 rings (SSSR count). The molecule has 1 aromatic carbocycles. The Labute approximate surface area is 106 Å². The summed E-state index contributed by atoms with van der Waals surface area (Å²) in [6, 6.07) is 7.40. The summed E-state index contributed by atoms with van der Waals surface area (Å²) in [5.41, 5.74) is 1.80. The number of hydrogen-bond acceptors (Lipinski definition) is 2. The van der Waals surface area contributed by atoms with E-state index in [0.29, 0.717) is 6.54 Å². The molecular formula is C13H16N2O3. The van der Waals surface area contributed by atoms with Gasteiger partial charge in [-0.3, -0.25) is 4.79 Å². The second-order valence-electron chi connectivity index (χ2n) is 4.51. The maximum atomic E-state index is 11.7. The Morgan fingerprint density at radius 2 is 1.83 bits per heavy atom. The van der Waals surface area contributed by atoms with Crippen LogP contribution in [0.25, 0.3) is 0 Å². The second kappa shape index (κ2) is 5.08. The molecule has 1 aliphatic heterocycles. The third-order valence-electron chi connectivity index (χ3n) is 3.05. The van der Waals surface area contributed by atoms with Gasteiger partial charge in [0.15, 0.2) is 0 Å². The van der Waals surface area contributed by atoms with Crippen molar-refractivity contribution in [2.45, 2.75) is 13.0 Å². The monoisotopic (exact) mass is 248 g/mol. The lowest BCUT2D eigenvalue weighted by molar-refractivity contribution is -0.136. The standard InChI is InChI=1S/C13H16N2O3/c1-14-6-7-15(13(14)18)9-11-4-2-10(3-5-11)8-12(16)17/h2-5H,6-9H2,1H3,(H,16,17). The number of benzene rings is 1. The lowest BCUT2D eigenvalue weighted by Gasteiger charge is -2.16. The Morgan fingerprint density at radius 3 is 2.33 bits per heavy atom. The topological polar surface area (TPSA) is 60.9 Å². The van der Waals surface area contributed by atoms with Crippen molar-refractivity contribution in [1.82, 2.24) is 9.80 Å². The smallest absolute Gasteiger partial charge is 0.320 e. The number of carbonyl (C=O) groups excluding carboxylic acids is 1. The maximum absolute atomic E-state index is 11.7. The highest BCUT2D eigenvalue weighted by atomic mass is 16.4. The van der Waals surface area contributed by atoms with Gasteiger partial charge in [-0.25, -0.2) is 4.79 Å². The molecule has 1 aromatic rings. The van der Waals surface area contributed by atoms with Gasteiger partial charge in [0, 0.05) is 26.7 Å². The van der Waals surface area contributed by atoms with Crippen LogP contribution in [0, 0.1) is 0 Å². The quantitative estimate of drug-likeness (QED) is 0.870. The number of rotatable bonds is 4. The number of carbonyl (C=O) groups is 2. The van der Waals surface area contributed by atoms with Gasteiger partial charge in [0.05, 0.1) is 6.42 Å². The zero-order chi connectivity index (χ0) is 13.1. The normalized spacial score (nSPS) is 15.3. The molecule has 0 aromatic heterocycles. The van der Waals surface area contributed by atoms with Gasteiger partial charge in [-0.1, -0.05) is 24.3 Å².